The van der Waals surface area contributed by atoms with E-state index < -0.39 is 0 Å². The Balaban J connectivity index is 1.06. The highest BCUT2D eigenvalue weighted by Gasteiger charge is 2.43. The number of hydrogen-bond donors (Lipinski definition) is 2. The van der Waals surface area contributed by atoms with Gasteiger partial charge in [0.15, 0.2) is 0 Å². The van der Waals surface area contributed by atoms with Gasteiger partial charge in [-0.2, -0.15) is 0 Å². The molecule has 1 saturated carbocycles. The Kier molecular flexibility index (Phi) is 5.54. The number of rotatable bonds is 6. The molecule has 0 aliphatic heterocycles. The standard InChI is InChI=1S/C30H24N4O2/c35-29(32-24-11-13-26(14-12-24)34-16-15-31-19-34)22-7-5-21(6-8-22)27-18-28(27)30(36)33-25-10-9-20-3-1-2-4-23(20)17-25/h1-17,19,27-28H,18H2,(H,32,35)(H,33,36)/t27-,28+/m0/s1. The summed E-state index contributed by atoms with van der Waals surface area (Å²) in [6.07, 6.45) is 6.13. The highest BCUT2D eigenvalue weighted by molar-refractivity contribution is 6.04. The maximum absolute atomic E-state index is 12.8. The van der Waals surface area contributed by atoms with Crippen LogP contribution in [0.4, 0.5) is 11.4 Å². The van der Waals surface area contributed by atoms with Gasteiger partial charge >= 0.3 is 0 Å². The second-order valence-electron chi connectivity index (χ2n) is 9.09. The van der Waals surface area contributed by atoms with Crippen LogP contribution in [-0.4, -0.2) is 21.4 Å². The summed E-state index contributed by atoms with van der Waals surface area (Å²) in [6.45, 7) is 0. The van der Waals surface area contributed by atoms with Crippen LogP contribution in [0.5, 0.6) is 0 Å². The van der Waals surface area contributed by atoms with E-state index in [9.17, 15) is 9.59 Å². The number of carbonyl (C=O) groups is 2. The van der Waals surface area contributed by atoms with Crippen LogP contribution in [0.15, 0.2) is 110 Å². The number of carbonyl (C=O) groups excluding carboxylic acids is 2. The highest BCUT2D eigenvalue weighted by Crippen LogP contribution is 2.48. The van der Waals surface area contributed by atoms with Crippen molar-refractivity contribution in [2.75, 3.05) is 10.6 Å². The molecule has 5 aromatic rings. The normalized spacial score (nSPS) is 16.4. The van der Waals surface area contributed by atoms with Crippen molar-refractivity contribution in [1.29, 1.82) is 0 Å². The highest BCUT2D eigenvalue weighted by atomic mass is 16.2. The van der Waals surface area contributed by atoms with E-state index >= 15 is 0 Å². The number of aromatic nitrogens is 2. The molecule has 1 heterocycles. The first-order chi connectivity index (χ1) is 17.6. The Morgan fingerprint density at radius 1 is 0.806 bits per heavy atom. The molecule has 1 aliphatic rings. The van der Waals surface area contributed by atoms with Gasteiger partial charge in [-0.1, -0.05) is 42.5 Å². The number of fused-ring (bicyclic) bond motifs is 1. The third-order valence-corrected chi connectivity index (χ3v) is 6.67. The van der Waals surface area contributed by atoms with E-state index in [4.69, 9.17) is 0 Å². The fourth-order valence-electron chi connectivity index (χ4n) is 4.57. The Bertz CT molecular complexity index is 1540. The molecule has 1 aromatic heterocycles. The Morgan fingerprint density at radius 2 is 1.56 bits per heavy atom. The van der Waals surface area contributed by atoms with Crippen molar-refractivity contribution in [2.24, 2.45) is 5.92 Å². The molecule has 0 saturated heterocycles. The van der Waals surface area contributed by atoms with Crippen molar-refractivity contribution < 1.29 is 9.59 Å². The van der Waals surface area contributed by atoms with Crippen molar-refractivity contribution >= 4 is 34.0 Å². The van der Waals surface area contributed by atoms with Crippen LogP contribution < -0.4 is 10.6 Å². The largest absolute Gasteiger partial charge is 0.326 e. The SMILES string of the molecule is O=C(Nc1ccc(-n2ccnc2)cc1)c1ccc([C@@H]2C[C@H]2C(=O)Nc2ccc3ccccc3c2)cc1. The summed E-state index contributed by atoms with van der Waals surface area (Å²) in [5, 5.41) is 8.24. The number of imidazole rings is 1. The maximum Gasteiger partial charge on any atom is 0.255 e. The lowest BCUT2D eigenvalue weighted by molar-refractivity contribution is -0.117. The van der Waals surface area contributed by atoms with Gasteiger partial charge in [0.2, 0.25) is 5.91 Å². The number of nitrogens with zero attached hydrogens (tertiary/aromatic N) is 2. The van der Waals surface area contributed by atoms with Crippen LogP contribution in [0.25, 0.3) is 16.5 Å². The van der Waals surface area contributed by atoms with Crippen molar-refractivity contribution in [3.8, 4) is 5.69 Å². The molecule has 6 nitrogen and oxygen atoms in total. The molecular formula is C30H24N4O2. The molecule has 1 aliphatic carbocycles. The van der Waals surface area contributed by atoms with Gasteiger partial charge in [-0.3, -0.25) is 9.59 Å². The van der Waals surface area contributed by atoms with Crippen LogP contribution in [0, 0.1) is 5.92 Å². The van der Waals surface area contributed by atoms with Gasteiger partial charge in [0.1, 0.15) is 0 Å². The van der Waals surface area contributed by atoms with E-state index in [2.05, 4.69) is 21.7 Å². The van der Waals surface area contributed by atoms with E-state index in [1.165, 1.54) is 0 Å². The number of anilines is 2. The monoisotopic (exact) mass is 472 g/mol. The number of nitrogens with one attached hydrogen (secondary N) is 2. The Labute approximate surface area is 208 Å². The molecule has 1 fully saturated rings. The molecule has 2 atom stereocenters. The zero-order valence-electron chi connectivity index (χ0n) is 19.5. The third-order valence-electron chi connectivity index (χ3n) is 6.67. The zero-order valence-corrected chi connectivity index (χ0v) is 19.5. The van der Waals surface area contributed by atoms with Gasteiger partial charge < -0.3 is 15.2 Å². The van der Waals surface area contributed by atoms with E-state index in [1.54, 1.807) is 12.5 Å². The summed E-state index contributed by atoms with van der Waals surface area (Å²) >= 11 is 0. The molecule has 0 spiro atoms. The minimum absolute atomic E-state index is 0.0382. The minimum atomic E-state index is -0.168. The van der Waals surface area contributed by atoms with Crippen molar-refractivity contribution in [3.63, 3.8) is 0 Å². The molecule has 6 heteroatoms. The Hall–Kier alpha value is -4.71. The van der Waals surface area contributed by atoms with Gasteiger partial charge in [0.05, 0.1) is 6.33 Å². The fourth-order valence-corrected chi connectivity index (χ4v) is 4.57. The summed E-state index contributed by atoms with van der Waals surface area (Å²) in [4.78, 5) is 29.5. The van der Waals surface area contributed by atoms with Crippen molar-refractivity contribution in [1.82, 2.24) is 9.55 Å². The van der Waals surface area contributed by atoms with Gasteiger partial charge in [-0.15, -0.1) is 0 Å². The van der Waals surface area contributed by atoms with Crippen molar-refractivity contribution in [3.05, 3.63) is 121 Å². The van der Waals surface area contributed by atoms with Crippen LogP contribution in [0.3, 0.4) is 0 Å². The predicted molar refractivity (Wildman–Crippen MR) is 141 cm³/mol. The summed E-state index contributed by atoms with van der Waals surface area (Å²) in [6, 6.07) is 29.2. The molecule has 0 radical (unpaired) electrons. The molecule has 176 valence electrons. The van der Waals surface area contributed by atoms with Gasteiger partial charge in [-0.25, -0.2) is 4.98 Å². The van der Waals surface area contributed by atoms with Gasteiger partial charge in [0, 0.05) is 40.9 Å². The summed E-state index contributed by atoms with van der Waals surface area (Å²) in [5.41, 5.74) is 4.17. The second-order valence-corrected chi connectivity index (χ2v) is 9.09. The van der Waals surface area contributed by atoms with Gasteiger partial charge in [-0.05, 0) is 77.2 Å². The molecule has 0 unspecified atom stereocenters. The number of benzene rings is 4. The molecule has 6 rings (SSSR count). The van der Waals surface area contributed by atoms with Crippen molar-refractivity contribution in [2.45, 2.75) is 12.3 Å². The second kappa shape index (κ2) is 9.15. The van der Waals surface area contributed by atoms with E-state index in [-0.39, 0.29) is 23.7 Å². The van der Waals surface area contributed by atoms with Gasteiger partial charge in [0.25, 0.3) is 5.91 Å². The molecule has 4 aromatic carbocycles. The Morgan fingerprint density at radius 3 is 2.31 bits per heavy atom. The summed E-state index contributed by atoms with van der Waals surface area (Å²) in [7, 11) is 0. The first-order valence-corrected chi connectivity index (χ1v) is 11.9. The lowest BCUT2D eigenvalue weighted by atomic mass is 10.1. The lowest BCUT2D eigenvalue weighted by Crippen LogP contribution is -2.14. The van der Waals surface area contributed by atoms with Crippen LogP contribution in [-0.2, 0) is 4.79 Å². The average molecular weight is 473 g/mol. The predicted octanol–water partition coefficient (Wildman–Crippen LogP) is 6.02. The average Bonchev–Trinajstić information content (AvgIpc) is 3.54. The maximum atomic E-state index is 12.8. The van der Waals surface area contributed by atoms with E-state index in [0.29, 0.717) is 5.56 Å². The first-order valence-electron chi connectivity index (χ1n) is 11.9. The quantitative estimate of drug-likeness (QED) is 0.317. The van der Waals surface area contributed by atoms with E-state index in [1.807, 2.05) is 95.7 Å². The minimum Gasteiger partial charge on any atom is -0.326 e. The first kappa shape index (κ1) is 21.8. The zero-order chi connectivity index (χ0) is 24.5. The number of hydrogen-bond acceptors (Lipinski definition) is 3. The van der Waals surface area contributed by atoms with E-state index in [0.717, 1.165) is 39.8 Å². The third kappa shape index (κ3) is 4.49. The molecule has 2 N–H and O–H groups in total. The molecule has 0 bridgehead atoms. The topological polar surface area (TPSA) is 76.0 Å². The lowest BCUT2D eigenvalue weighted by Gasteiger charge is -2.08. The fraction of sp³-hybridized carbons (Fsp3) is 0.100. The smallest absolute Gasteiger partial charge is 0.255 e. The summed E-state index contributed by atoms with van der Waals surface area (Å²) in [5.74, 6) is -0.00184. The summed E-state index contributed by atoms with van der Waals surface area (Å²) < 4.78 is 1.90. The van der Waals surface area contributed by atoms with Crippen LogP contribution >= 0.6 is 0 Å². The molecule has 2 amide bonds. The molecule has 36 heavy (non-hydrogen) atoms. The van der Waals surface area contributed by atoms with Crippen LogP contribution in [0.2, 0.25) is 0 Å². The van der Waals surface area contributed by atoms with Crippen LogP contribution in [0.1, 0.15) is 28.3 Å². The molecular weight excluding hydrogens is 448 g/mol. The number of amides is 2.